The monoisotopic (exact) mass is 276 g/mol. The number of rotatable bonds is 3. The molecule has 2 heterocycles. The average molecular weight is 277 g/mol. The molecule has 2 N–H and O–H groups in total. The van der Waals surface area contributed by atoms with Crippen molar-refractivity contribution in [1.29, 1.82) is 0 Å². The topological polar surface area (TPSA) is 72.3 Å². The van der Waals surface area contributed by atoms with Crippen LogP contribution in [0.4, 0.5) is 5.82 Å². The van der Waals surface area contributed by atoms with E-state index in [-0.39, 0.29) is 0 Å². The Kier molecular flexibility index (Phi) is 2.96. The van der Waals surface area contributed by atoms with E-state index < -0.39 is 0 Å². The van der Waals surface area contributed by atoms with Crippen molar-refractivity contribution < 1.29 is 0 Å². The number of halogens is 1. The van der Waals surface area contributed by atoms with Crippen LogP contribution in [0.5, 0.6) is 0 Å². The van der Waals surface area contributed by atoms with Crippen molar-refractivity contribution in [1.82, 2.24) is 19.6 Å². The first-order valence-corrected chi connectivity index (χ1v) is 6.28. The molecule has 0 aliphatic carbocycles. The number of benzene rings is 1. The van der Waals surface area contributed by atoms with Gasteiger partial charge in [0.1, 0.15) is 6.33 Å². The lowest BCUT2D eigenvalue weighted by Crippen LogP contribution is -2.26. The van der Waals surface area contributed by atoms with Gasteiger partial charge in [0.15, 0.2) is 5.82 Å². The van der Waals surface area contributed by atoms with E-state index in [0.717, 1.165) is 16.9 Å². The molecule has 7 heteroatoms. The molecule has 0 amide bonds. The maximum atomic E-state index is 6.03. The summed E-state index contributed by atoms with van der Waals surface area (Å²) in [4.78, 5) is 6.59. The Labute approximate surface area is 114 Å². The Morgan fingerprint density at radius 1 is 1.42 bits per heavy atom. The maximum absolute atomic E-state index is 6.03. The Hall–Kier alpha value is -1.92. The van der Waals surface area contributed by atoms with Gasteiger partial charge in [-0.15, -0.1) is 10.2 Å². The third-order valence-corrected chi connectivity index (χ3v) is 3.23. The van der Waals surface area contributed by atoms with Crippen LogP contribution in [0.25, 0.3) is 16.7 Å². The van der Waals surface area contributed by atoms with E-state index in [4.69, 9.17) is 17.3 Å². The normalized spacial score (nSPS) is 11.3. The molecule has 0 spiro atoms. The third kappa shape index (κ3) is 1.98. The lowest BCUT2D eigenvalue weighted by atomic mass is 10.3. The van der Waals surface area contributed by atoms with Crippen LogP contribution in [-0.2, 0) is 0 Å². The van der Waals surface area contributed by atoms with Crippen molar-refractivity contribution in [2.45, 2.75) is 0 Å². The standard InChI is InChI=1S/C12H13ClN6/c1-18(5-4-14)11-12-17-15-7-19(12)10-6-8(13)2-3-9(10)16-11/h2-3,6-7H,4-5,14H2,1H3. The molecule has 98 valence electrons. The van der Waals surface area contributed by atoms with E-state index in [1.807, 2.05) is 34.5 Å². The van der Waals surface area contributed by atoms with Gasteiger partial charge in [-0.05, 0) is 18.2 Å². The van der Waals surface area contributed by atoms with Crippen LogP contribution >= 0.6 is 11.6 Å². The molecule has 0 aliphatic heterocycles. The number of hydrogen-bond donors (Lipinski definition) is 1. The highest BCUT2D eigenvalue weighted by Crippen LogP contribution is 2.24. The van der Waals surface area contributed by atoms with E-state index in [0.29, 0.717) is 23.8 Å². The summed E-state index contributed by atoms with van der Waals surface area (Å²) in [5.41, 5.74) is 8.02. The van der Waals surface area contributed by atoms with Gasteiger partial charge in [0.2, 0.25) is 5.65 Å². The second-order valence-corrected chi connectivity index (χ2v) is 4.74. The Morgan fingerprint density at radius 2 is 2.26 bits per heavy atom. The number of aromatic nitrogens is 4. The van der Waals surface area contributed by atoms with Crippen molar-refractivity contribution in [3.05, 3.63) is 29.5 Å². The minimum Gasteiger partial charge on any atom is -0.355 e. The summed E-state index contributed by atoms with van der Waals surface area (Å²) in [6.45, 7) is 1.26. The summed E-state index contributed by atoms with van der Waals surface area (Å²) in [6, 6.07) is 5.56. The smallest absolute Gasteiger partial charge is 0.204 e. The van der Waals surface area contributed by atoms with Crippen LogP contribution in [-0.4, -0.2) is 39.7 Å². The predicted octanol–water partition coefficient (Wildman–Crippen LogP) is 1.33. The third-order valence-electron chi connectivity index (χ3n) is 3.00. The van der Waals surface area contributed by atoms with Crippen molar-refractivity contribution in [2.24, 2.45) is 5.73 Å². The first-order chi connectivity index (χ1) is 9.20. The Bertz CT molecular complexity index is 737. The lowest BCUT2D eigenvalue weighted by Gasteiger charge is -2.18. The summed E-state index contributed by atoms with van der Waals surface area (Å²) in [6.07, 6.45) is 1.66. The molecule has 3 aromatic rings. The molecule has 3 rings (SSSR count). The first kappa shape index (κ1) is 12.1. The zero-order valence-electron chi connectivity index (χ0n) is 10.4. The second-order valence-electron chi connectivity index (χ2n) is 4.30. The lowest BCUT2D eigenvalue weighted by molar-refractivity contribution is 0.870. The predicted molar refractivity (Wildman–Crippen MR) is 75.6 cm³/mol. The van der Waals surface area contributed by atoms with E-state index in [2.05, 4.69) is 15.2 Å². The average Bonchev–Trinajstić information content (AvgIpc) is 2.87. The van der Waals surface area contributed by atoms with Crippen LogP contribution in [0.2, 0.25) is 5.02 Å². The van der Waals surface area contributed by atoms with Gasteiger partial charge in [0.25, 0.3) is 0 Å². The van der Waals surface area contributed by atoms with E-state index in [1.54, 1.807) is 6.33 Å². The summed E-state index contributed by atoms with van der Waals surface area (Å²) in [5, 5.41) is 8.74. The highest BCUT2D eigenvalue weighted by molar-refractivity contribution is 6.31. The number of fused-ring (bicyclic) bond motifs is 3. The quantitative estimate of drug-likeness (QED) is 0.781. The highest BCUT2D eigenvalue weighted by Gasteiger charge is 2.13. The molecule has 0 saturated carbocycles. The summed E-state index contributed by atoms with van der Waals surface area (Å²) in [5.74, 6) is 0.762. The second kappa shape index (κ2) is 4.64. The van der Waals surface area contributed by atoms with Crippen molar-refractivity contribution in [3.63, 3.8) is 0 Å². The van der Waals surface area contributed by atoms with Crippen molar-refractivity contribution >= 4 is 34.1 Å². The zero-order chi connectivity index (χ0) is 13.4. The van der Waals surface area contributed by atoms with Gasteiger partial charge in [-0.1, -0.05) is 11.6 Å². The van der Waals surface area contributed by atoms with Gasteiger partial charge in [0.05, 0.1) is 11.0 Å². The minimum absolute atomic E-state index is 0.553. The number of anilines is 1. The largest absolute Gasteiger partial charge is 0.355 e. The van der Waals surface area contributed by atoms with Crippen LogP contribution < -0.4 is 10.6 Å². The molecule has 0 bridgehead atoms. The summed E-state index contributed by atoms with van der Waals surface area (Å²) in [7, 11) is 1.94. The molecule has 0 radical (unpaired) electrons. The fourth-order valence-electron chi connectivity index (χ4n) is 2.07. The molecule has 0 atom stereocenters. The van der Waals surface area contributed by atoms with Crippen LogP contribution in [0.15, 0.2) is 24.5 Å². The van der Waals surface area contributed by atoms with Gasteiger partial charge in [-0.3, -0.25) is 4.40 Å². The molecule has 0 unspecified atom stereocenters. The van der Waals surface area contributed by atoms with E-state index >= 15 is 0 Å². The van der Waals surface area contributed by atoms with E-state index in [9.17, 15) is 0 Å². The summed E-state index contributed by atoms with van der Waals surface area (Å²) >= 11 is 6.03. The molecule has 0 aliphatic rings. The molecule has 1 aromatic carbocycles. The van der Waals surface area contributed by atoms with Gasteiger partial charge in [-0.2, -0.15) is 0 Å². The first-order valence-electron chi connectivity index (χ1n) is 5.91. The maximum Gasteiger partial charge on any atom is 0.204 e. The highest BCUT2D eigenvalue weighted by atomic mass is 35.5. The molecule has 0 saturated heterocycles. The number of nitrogens with two attached hydrogens (primary N) is 1. The fourth-order valence-corrected chi connectivity index (χ4v) is 2.23. The molecule has 6 nitrogen and oxygen atoms in total. The van der Waals surface area contributed by atoms with Gasteiger partial charge < -0.3 is 10.6 Å². The summed E-state index contributed by atoms with van der Waals surface area (Å²) < 4.78 is 1.89. The molecule has 2 aromatic heterocycles. The van der Waals surface area contributed by atoms with Crippen molar-refractivity contribution in [3.8, 4) is 0 Å². The molecule has 19 heavy (non-hydrogen) atoms. The minimum atomic E-state index is 0.553. The molecule has 0 fully saturated rings. The number of hydrogen-bond acceptors (Lipinski definition) is 5. The van der Waals surface area contributed by atoms with Crippen molar-refractivity contribution in [2.75, 3.05) is 25.0 Å². The Morgan fingerprint density at radius 3 is 3.05 bits per heavy atom. The van der Waals surface area contributed by atoms with E-state index in [1.165, 1.54) is 0 Å². The SMILES string of the molecule is CN(CCN)c1nc2ccc(Cl)cc2n2cnnc12. The van der Waals surface area contributed by atoms with Gasteiger partial charge in [-0.25, -0.2) is 4.98 Å². The van der Waals surface area contributed by atoms with Crippen LogP contribution in [0.3, 0.4) is 0 Å². The Balaban J connectivity index is 2.32. The van der Waals surface area contributed by atoms with Gasteiger partial charge >= 0.3 is 0 Å². The molecular weight excluding hydrogens is 264 g/mol. The van der Waals surface area contributed by atoms with Crippen LogP contribution in [0.1, 0.15) is 0 Å². The van der Waals surface area contributed by atoms with Gasteiger partial charge in [0, 0.05) is 25.2 Å². The zero-order valence-corrected chi connectivity index (χ0v) is 11.2. The van der Waals surface area contributed by atoms with Crippen LogP contribution in [0, 0.1) is 0 Å². The fraction of sp³-hybridized carbons (Fsp3) is 0.250. The number of nitrogens with zero attached hydrogens (tertiary/aromatic N) is 5. The molecular formula is C12H13ClN6. The number of likely N-dealkylation sites (N-methyl/N-ethyl adjacent to an activating group) is 1.